The van der Waals surface area contributed by atoms with Crippen molar-refractivity contribution in [2.45, 2.75) is 26.3 Å². The van der Waals surface area contributed by atoms with Crippen LogP contribution in [0.2, 0.25) is 0 Å². The normalized spacial score (nSPS) is 14.7. The Morgan fingerprint density at radius 1 is 1.06 bits per heavy atom. The van der Waals surface area contributed by atoms with Gasteiger partial charge in [-0.05, 0) is 61.5 Å². The van der Waals surface area contributed by atoms with Gasteiger partial charge in [-0.3, -0.25) is 9.59 Å². The Balaban J connectivity index is 1.18. The van der Waals surface area contributed by atoms with Crippen molar-refractivity contribution >= 4 is 34.1 Å². The summed E-state index contributed by atoms with van der Waals surface area (Å²) in [4.78, 5) is 28.2. The summed E-state index contributed by atoms with van der Waals surface area (Å²) in [5.41, 5.74) is 1.13. The molecule has 5 rings (SSSR count). The van der Waals surface area contributed by atoms with Gasteiger partial charge in [-0.25, -0.2) is 0 Å². The molecular formula is C25H25N3O3S. The Labute approximate surface area is 190 Å². The predicted octanol–water partition coefficient (Wildman–Crippen LogP) is 4.76. The van der Waals surface area contributed by atoms with Gasteiger partial charge >= 0.3 is 0 Å². The molecule has 1 N–H and O–H groups in total. The molecule has 1 aromatic carbocycles. The first-order valence-electron chi connectivity index (χ1n) is 10.9. The highest BCUT2D eigenvalue weighted by Gasteiger charge is 2.28. The number of amides is 2. The van der Waals surface area contributed by atoms with E-state index in [-0.39, 0.29) is 17.7 Å². The molecule has 164 valence electrons. The number of thiophene rings is 1. The van der Waals surface area contributed by atoms with Crippen LogP contribution in [0.3, 0.4) is 0 Å². The molecule has 0 unspecified atom stereocenters. The highest BCUT2D eigenvalue weighted by molar-refractivity contribution is 7.16. The van der Waals surface area contributed by atoms with E-state index in [1.165, 1.54) is 16.7 Å². The van der Waals surface area contributed by atoms with Crippen molar-refractivity contribution in [3.05, 3.63) is 77.2 Å². The summed E-state index contributed by atoms with van der Waals surface area (Å²) in [7, 11) is 0. The summed E-state index contributed by atoms with van der Waals surface area (Å²) in [6, 6.07) is 18.0. The van der Waals surface area contributed by atoms with Crippen LogP contribution in [0.15, 0.2) is 65.2 Å². The van der Waals surface area contributed by atoms with Gasteiger partial charge in [0.1, 0.15) is 16.5 Å². The van der Waals surface area contributed by atoms with Crippen LogP contribution in [0.25, 0.3) is 15.9 Å². The summed E-state index contributed by atoms with van der Waals surface area (Å²) in [6.07, 6.45) is 3.39. The molecule has 4 heterocycles. The van der Waals surface area contributed by atoms with Gasteiger partial charge in [-0.2, -0.15) is 0 Å². The van der Waals surface area contributed by atoms with Gasteiger partial charge in [0.2, 0.25) is 5.91 Å². The Hall–Kier alpha value is -3.32. The second-order valence-corrected chi connectivity index (χ2v) is 9.24. The number of piperidine rings is 1. The Kier molecular flexibility index (Phi) is 5.57. The van der Waals surface area contributed by atoms with Crippen LogP contribution in [0, 0.1) is 12.8 Å². The molecule has 32 heavy (non-hydrogen) atoms. The first-order chi connectivity index (χ1) is 15.6. The molecule has 0 bridgehead atoms. The third-order valence-corrected chi connectivity index (χ3v) is 7.10. The van der Waals surface area contributed by atoms with Crippen LogP contribution in [0.1, 0.15) is 34.0 Å². The lowest BCUT2D eigenvalue weighted by atomic mass is 9.96. The summed E-state index contributed by atoms with van der Waals surface area (Å²) in [5.74, 6) is 1.60. The van der Waals surface area contributed by atoms with E-state index >= 15 is 0 Å². The number of para-hydroxylation sites is 1. The molecule has 1 fully saturated rings. The predicted molar refractivity (Wildman–Crippen MR) is 125 cm³/mol. The highest BCUT2D eigenvalue weighted by atomic mass is 32.1. The fourth-order valence-electron chi connectivity index (χ4n) is 4.25. The van der Waals surface area contributed by atoms with Gasteiger partial charge < -0.3 is 19.2 Å². The van der Waals surface area contributed by atoms with E-state index in [9.17, 15) is 9.59 Å². The molecule has 0 aliphatic carbocycles. The Morgan fingerprint density at radius 2 is 1.88 bits per heavy atom. The van der Waals surface area contributed by atoms with Crippen LogP contribution in [0.4, 0.5) is 0 Å². The zero-order valence-corrected chi connectivity index (χ0v) is 18.7. The van der Waals surface area contributed by atoms with Crippen LogP contribution >= 0.6 is 11.3 Å². The third-order valence-electron chi connectivity index (χ3n) is 6.03. The lowest BCUT2D eigenvalue weighted by molar-refractivity contribution is -0.126. The first-order valence-corrected chi connectivity index (χ1v) is 11.7. The number of aryl methyl sites for hydroxylation is 1. The van der Waals surface area contributed by atoms with Crippen molar-refractivity contribution in [1.29, 1.82) is 0 Å². The minimum atomic E-state index is -0.0692. The second kappa shape index (κ2) is 8.67. The van der Waals surface area contributed by atoms with Crippen molar-refractivity contribution in [1.82, 2.24) is 14.8 Å². The van der Waals surface area contributed by atoms with Crippen molar-refractivity contribution in [3.8, 4) is 5.00 Å². The van der Waals surface area contributed by atoms with E-state index in [4.69, 9.17) is 4.42 Å². The Bertz CT molecular complexity index is 1260. The van der Waals surface area contributed by atoms with Gasteiger partial charge in [0.25, 0.3) is 5.91 Å². The van der Waals surface area contributed by atoms with E-state index in [1.807, 2.05) is 54.4 Å². The van der Waals surface area contributed by atoms with Crippen molar-refractivity contribution in [3.63, 3.8) is 0 Å². The number of furan rings is 1. The maximum absolute atomic E-state index is 13.0. The second-order valence-electron chi connectivity index (χ2n) is 8.18. The fourth-order valence-corrected chi connectivity index (χ4v) is 5.22. The zero-order chi connectivity index (χ0) is 22.1. The minimum absolute atomic E-state index is 0.0315. The lowest BCUT2D eigenvalue weighted by Gasteiger charge is -2.31. The molecule has 2 amide bonds. The largest absolute Gasteiger partial charge is 0.465 e. The average Bonchev–Trinajstić information content (AvgIpc) is 3.56. The van der Waals surface area contributed by atoms with Gasteiger partial charge in [0.15, 0.2) is 0 Å². The first kappa shape index (κ1) is 20.6. The van der Waals surface area contributed by atoms with Crippen LogP contribution < -0.4 is 5.32 Å². The molecule has 0 saturated carbocycles. The van der Waals surface area contributed by atoms with Crippen LogP contribution in [0.5, 0.6) is 0 Å². The number of aromatic nitrogens is 1. The van der Waals surface area contributed by atoms with Crippen molar-refractivity contribution in [2.75, 3.05) is 13.1 Å². The molecule has 0 spiro atoms. The smallest absolute Gasteiger partial charge is 0.263 e. The molecule has 0 atom stereocenters. The lowest BCUT2D eigenvalue weighted by Crippen LogP contribution is -2.42. The summed E-state index contributed by atoms with van der Waals surface area (Å²) >= 11 is 1.50. The van der Waals surface area contributed by atoms with E-state index in [2.05, 4.69) is 28.1 Å². The molecule has 0 radical (unpaired) electrons. The highest BCUT2D eigenvalue weighted by Crippen LogP contribution is 2.28. The number of hydrogen-bond acceptors (Lipinski definition) is 4. The zero-order valence-electron chi connectivity index (χ0n) is 17.9. The van der Waals surface area contributed by atoms with Gasteiger partial charge in [-0.1, -0.05) is 18.2 Å². The molecule has 7 heteroatoms. The molecule has 3 aromatic heterocycles. The molecule has 6 nitrogen and oxygen atoms in total. The number of likely N-dealkylation sites (tertiary alicyclic amines) is 1. The molecule has 4 aromatic rings. The average molecular weight is 448 g/mol. The SMILES string of the molecule is Cc1ccc(CNC(=O)C2CCN(C(=O)c3ccc(-n4ccc5ccccc54)s3)CC2)o1. The number of carbonyl (C=O) groups excluding carboxylic acids is 2. The maximum atomic E-state index is 13.0. The topological polar surface area (TPSA) is 67.5 Å². The summed E-state index contributed by atoms with van der Waals surface area (Å²) < 4.78 is 7.62. The molecule has 1 saturated heterocycles. The van der Waals surface area contributed by atoms with Crippen molar-refractivity contribution in [2.24, 2.45) is 5.92 Å². The molecule has 1 aliphatic rings. The number of fused-ring (bicyclic) bond motifs is 1. The van der Waals surface area contributed by atoms with E-state index < -0.39 is 0 Å². The van der Waals surface area contributed by atoms with Gasteiger partial charge in [-0.15, -0.1) is 11.3 Å². The molecule has 1 aliphatic heterocycles. The Morgan fingerprint density at radius 3 is 2.66 bits per heavy atom. The standard InChI is InChI=1S/C25H25N3O3S/c1-17-6-7-20(31-17)16-26-24(29)19-10-13-27(14-11-19)25(30)22-8-9-23(32-22)28-15-12-18-4-2-3-5-21(18)28/h2-9,12,15,19H,10-11,13-14,16H2,1H3,(H,26,29). The summed E-state index contributed by atoms with van der Waals surface area (Å²) in [5, 5.41) is 5.16. The molecular weight excluding hydrogens is 422 g/mol. The number of nitrogens with zero attached hydrogens (tertiary/aromatic N) is 2. The van der Waals surface area contributed by atoms with Crippen LogP contribution in [-0.4, -0.2) is 34.4 Å². The van der Waals surface area contributed by atoms with E-state index in [1.54, 1.807) is 0 Å². The monoisotopic (exact) mass is 447 g/mol. The third kappa shape index (κ3) is 4.08. The number of benzene rings is 1. The fraction of sp³-hybridized carbons (Fsp3) is 0.280. The number of nitrogens with one attached hydrogen (secondary N) is 1. The van der Waals surface area contributed by atoms with E-state index in [0.717, 1.165) is 26.9 Å². The van der Waals surface area contributed by atoms with Crippen LogP contribution in [-0.2, 0) is 11.3 Å². The number of rotatable bonds is 5. The number of hydrogen-bond donors (Lipinski definition) is 1. The minimum Gasteiger partial charge on any atom is -0.465 e. The maximum Gasteiger partial charge on any atom is 0.263 e. The number of carbonyl (C=O) groups is 2. The van der Waals surface area contributed by atoms with Crippen molar-refractivity contribution < 1.29 is 14.0 Å². The van der Waals surface area contributed by atoms with E-state index in [0.29, 0.717) is 32.5 Å². The van der Waals surface area contributed by atoms with Gasteiger partial charge in [0, 0.05) is 25.2 Å². The summed E-state index contributed by atoms with van der Waals surface area (Å²) in [6.45, 7) is 3.47. The quantitative estimate of drug-likeness (QED) is 0.480. The van der Waals surface area contributed by atoms with Gasteiger partial charge in [0.05, 0.1) is 16.9 Å².